The molecule has 1 aromatic carbocycles. The summed E-state index contributed by atoms with van der Waals surface area (Å²) in [7, 11) is 0. The maximum Gasteiger partial charge on any atom is 0.390 e. The van der Waals surface area contributed by atoms with Gasteiger partial charge in [-0.3, -0.25) is 9.69 Å². The van der Waals surface area contributed by atoms with Crippen LogP contribution in [0.2, 0.25) is 0 Å². The van der Waals surface area contributed by atoms with Crippen molar-refractivity contribution in [3.05, 3.63) is 41.6 Å². The number of benzene rings is 1. The fourth-order valence-electron chi connectivity index (χ4n) is 5.64. The van der Waals surface area contributed by atoms with E-state index in [0.29, 0.717) is 13.0 Å². The van der Waals surface area contributed by atoms with Gasteiger partial charge < -0.3 is 9.88 Å². The lowest BCUT2D eigenvalue weighted by Gasteiger charge is -2.49. The molecule has 1 saturated heterocycles. The van der Waals surface area contributed by atoms with Crippen LogP contribution in [0.3, 0.4) is 0 Å². The second-order valence-corrected chi connectivity index (χ2v) is 9.03. The van der Waals surface area contributed by atoms with E-state index in [4.69, 9.17) is 0 Å². The summed E-state index contributed by atoms with van der Waals surface area (Å²) in [5.74, 6) is -0.373. The lowest BCUT2D eigenvalue weighted by atomic mass is 9.79. The van der Waals surface area contributed by atoms with Crippen molar-refractivity contribution in [3.63, 3.8) is 0 Å². The van der Waals surface area contributed by atoms with Crippen LogP contribution >= 0.6 is 0 Å². The molecule has 3 aliphatic rings. The Morgan fingerprint density at radius 3 is 2.70 bits per heavy atom. The molecular weight excluding hydrogens is 391 g/mol. The Hall–Kier alpha value is -2.28. The van der Waals surface area contributed by atoms with Gasteiger partial charge in [-0.05, 0) is 49.5 Å². The van der Waals surface area contributed by atoms with Gasteiger partial charge in [-0.25, -0.2) is 0 Å². The third-order valence-electron chi connectivity index (χ3n) is 7.01. The number of H-pyrrole nitrogens is 1. The second kappa shape index (κ2) is 6.87. The van der Waals surface area contributed by atoms with Crippen LogP contribution in [0.5, 0.6) is 0 Å². The molecule has 1 N–H and O–H groups in total. The van der Waals surface area contributed by atoms with Crippen molar-refractivity contribution in [1.82, 2.24) is 14.8 Å². The van der Waals surface area contributed by atoms with Gasteiger partial charge in [0.1, 0.15) is 0 Å². The predicted octanol–water partition coefficient (Wildman–Crippen LogP) is 4.37. The van der Waals surface area contributed by atoms with Gasteiger partial charge in [0.2, 0.25) is 5.91 Å². The number of carbonyl (C=O) groups is 1. The summed E-state index contributed by atoms with van der Waals surface area (Å²) in [6.45, 7) is 4.32. The number of hydrogen-bond acceptors (Lipinski definition) is 2. The molecule has 30 heavy (non-hydrogen) atoms. The van der Waals surface area contributed by atoms with Crippen LogP contribution in [0.25, 0.3) is 16.5 Å². The summed E-state index contributed by atoms with van der Waals surface area (Å²) >= 11 is 0. The van der Waals surface area contributed by atoms with Gasteiger partial charge in [0.15, 0.2) is 0 Å². The molecule has 7 heteroatoms. The lowest BCUT2D eigenvalue weighted by molar-refractivity contribution is -0.147. The highest BCUT2D eigenvalue weighted by atomic mass is 19.4. The normalized spacial score (nSPS) is 28.8. The van der Waals surface area contributed by atoms with Crippen molar-refractivity contribution in [2.45, 2.75) is 57.4 Å². The number of likely N-dealkylation sites (tertiary alicyclic amines) is 1. The van der Waals surface area contributed by atoms with E-state index >= 15 is 0 Å². The molecule has 2 aromatic rings. The highest BCUT2D eigenvalue weighted by molar-refractivity contribution is 5.99. The van der Waals surface area contributed by atoms with Crippen LogP contribution in [0, 0.1) is 5.92 Å². The van der Waals surface area contributed by atoms with Crippen molar-refractivity contribution < 1.29 is 18.0 Å². The number of hydrogen-bond donors (Lipinski definition) is 1. The molecule has 2 aliphatic heterocycles. The van der Waals surface area contributed by atoms with Crippen LogP contribution in [-0.4, -0.2) is 58.1 Å². The number of alkyl halides is 3. The number of rotatable bonds is 3. The van der Waals surface area contributed by atoms with Gasteiger partial charge in [-0.1, -0.05) is 18.2 Å². The van der Waals surface area contributed by atoms with Crippen molar-refractivity contribution >= 4 is 22.4 Å². The Bertz CT molecular complexity index is 1020. The minimum Gasteiger partial charge on any atom is -0.361 e. The van der Waals surface area contributed by atoms with Gasteiger partial charge in [0.25, 0.3) is 0 Å². The van der Waals surface area contributed by atoms with E-state index in [1.165, 1.54) is 0 Å². The molecule has 3 heterocycles. The van der Waals surface area contributed by atoms with Crippen molar-refractivity contribution in [1.29, 1.82) is 0 Å². The SMILES string of the molecule is CC1CC(C)N1C(=O)[C@@H]1C=C2c3cccc4[nH]cc(c34)C[C@H]2N(CCC(F)(F)F)C1. The fourth-order valence-corrected chi connectivity index (χ4v) is 5.64. The zero-order valence-corrected chi connectivity index (χ0v) is 17.2. The zero-order chi connectivity index (χ0) is 21.2. The number of nitrogens with zero attached hydrogens (tertiary/aromatic N) is 2. The van der Waals surface area contributed by atoms with E-state index in [1.807, 2.05) is 54.1 Å². The molecule has 4 nitrogen and oxygen atoms in total. The van der Waals surface area contributed by atoms with Gasteiger partial charge in [0, 0.05) is 48.3 Å². The predicted molar refractivity (Wildman–Crippen MR) is 110 cm³/mol. The number of halogens is 3. The average molecular weight is 417 g/mol. The summed E-state index contributed by atoms with van der Waals surface area (Å²) < 4.78 is 39.1. The number of carbonyl (C=O) groups excluding carboxylic acids is 1. The van der Waals surface area contributed by atoms with E-state index in [1.54, 1.807) is 0 Å². The quantitative estimate of drug-likeness (QED) is 0.806. The molecule has 5 rings (SSSR count). The number of nitrogens with one attached hydrogen (secondary N) is 1. The monoisotopic (exact) mass is 417 g/mol. The second-order valence-electron chi connectivity index (χ2n) is 9.03. The molecule has 0 spiro atoms. The summed E-state index contributed by atoms with van der Waals surface area (Å²) in [5, 5.41) is 1.13. The maximum atomic E-state index is 13.3. The fraction of sp³-hybridized carbons (Fsp3) is 0.522. The van der Waals surface area contributed by atoms with Crippen molar-refractivity contribution in [3.8, 4) is 0 Å². The molecule has 160 valence electrons. The van der Waals surface area contributed by atoms with E-state index in [0.717, 1.165) is 34.0 Å². The zero-order valence-electron chi connectivity index (χ0n) is 17.2. The van der Waals surface area contributed by atoms with E-state index < -0.39 is 18.5 Å². The van der Waals surface area contributed by atoms with E-state index in [9.17, 15) is 18.0 Å². The van der Waals surface area contributed by atoms with Gasteiger partial charge in [-0.2, -0.15) is 13.2 Å². The maximum absolute atomic E-state index is 13.3. The number of aromatic nitrogens is 1. The Balaban J connectivity index is 1.54. The van der Waals surface area contributed by atoms with Gasteiger partial charge in [-0.15, -0.1) is 0 Å². The third kappa shape index (κ3) is 3.14. The number of fused-ring (bicyclic) bond motifs is 2. The summed E-state index contributed by atoms with van der Waals surface area (Å²) in [4.78, 5) is 20.4. The van der Waals surface area contributed by atoms with Crippen LogP contribution in [0.15, 0.2) is 30.5 Å². The van der Waals surface area contributed by atoms with Crippen molar-refractivity contribution in [2.75, 3.05) is 13.1 Å². The van der Waals surface area contributed by atoms with Crippen LogP contribution in [-0.2, 0) is 11.2 Å². The molecule has 1 amide bonds. The highest BCUT2D eigenvalue weighted by Gasteiger charge is 2.43. The van der Waals surface area contributed by atoms with Gasteiger partial charge in [0.05, 0.1) is 12.3 Å². The van der Waals surface area contributed by atoms with E-state index in [2.05, 4.69) is 4.98 Å². The molecule has 0 radical (unpaired) electrons. The molecule has 0 saturated carbocycles. The Morgan fingerprint density at radius 1 is 1.23 bits per heavy atom. The number of aromatic amines is 1. The minimum atomic E-state index is -4.21. The molecule has 2 unspecified atom stereocenters. The van der Waals surface area contributed by atoms with Crippen LogP contribution < -0.4 is 0 Å². The first kappa shape index (κ1) is 19.7. The van der Waals surface area contributed by atoms with Crippen LogP contribution in [0.4, 0.5) is 13.2 Å². The summed E-state index contributed by atoms with van der Waals surface area (Å²) in [6.07, 6.45) is 0.570. The lowest BCUT2D eigenvalue weighted by Crippen LogP contribution is -2.59. The van der Waals surface area contributed by atoms with Crippen molar-refractivity contribution in [2.24, 2.45) is 5.92 Å². The number of amides is 1. The Labute approximate surface area is 173 Å². The largest absolute Gasteiger partial charge is 0.390 e. The van der Waals surface area contributed by atoms with Crippen LogP contribution in [0.1, 0.15) is 37.8 Å². The molecule has 1 aromatic heterocycles. The first-order chi connectivity index (χ1) is 14.2. The van der Waals surface area contributed by atoms with Gasteiger partial charge >= 0.3 is 6.18 Å². The Morgan fingerprint density at radius 2 is 2.00 bits per heavy atom. The summed E-state index contributed by atoms with van der Waals surface area (Å²) in [6, 6.07) is 6.26. The molecular formula is C23H26F3N3O. The Kier molecular flexibility index (Phi) is 4.51. The molecule has 1 aliphatic carbocycles. The average Bonchev–Trinajstić information content (AvgIpc) is 3.10. The summed E-state index contributed by atoms with van der Waals surface area (Å²) in [5.41, 5.74) is 4.20. The standard InChI is InChI=1S/C23H26F3N3O/c1-13-8-14(2)29(13)22(30)16-9-18-17-4-3-5-19-21(17)15(11-27-19)10-20(18)28(12-16)7-6-23(24,25)26/h3-5,9,11,13-14,16,20,27H,6-8,10,12H2,1-2H3/t13?,14?,16-,20-/m1/s1. The molecule has 4 atom stereocenters. The third-order valence-corrected chi connectivity index (χ3v) is 7.01. The van der Waals surface area contributed by atoms with E-state index in [-0.39, 0.29) is 30.6 Å². The first-order valence-corrected chi connectivity index (χ1v) is 10.7. The first-order valence-electron chi connectivity index (χ1n) is 10.7. The minimum absolute atomic E-state index is 0.0382. The molecule has 0 bridgehead atoms. The molecule has 1 fully saturated rings. The highest BCUT2D eigenvalue weighted by Crippen LogP contribution is 2.42. The topological polar surface area (TPSA) is 39.3 Å². The smallest absolute Gasteiger partial charge is 0.361 e.